The van der Waals surface area contributed by atoms with Crippen LogP contribution in [0.2, 0.25) is 10.0 Å². The smallest absolute Gasteiger partial charge is 0.257 e. The van der Waals surface area contributed by atoms with Gasteiger partial charge in [0.1, 0.15) is 0 Å². The van der Waals surface area contributed by atoms with Gasteiger partial charge in [0.15, 0.2) is 0 Å². The van der Waals surface area contributed by atoms with Crippen LogP contribution in [-0.2, 0) is 0 Å². The Labute approximate surface area is 117 Å². The average molecular weight is 287 g/mol. The van der Waals surface area contributed by atoms with E-state index in [4.69, 9.17) is 23.2 Å². The average Bonchev–Trinajstić information content (AvgIpc) is 2.25. The Morgan fingerprint density at radius 3 is 2.44 bits per heavy atom. The fourth-order valence-corrected chi connectivity index (χ4v) is 2.59. The molecule has 1 amide bonds. The van der Waals surface area contributed by atoms with Gasteiger partial charge in [-0.05, 0) is 18.6 Å². The summed E-state index contributed by atoms with van der Waals surface area (Å²) in [4.78, 5) is 14.4. The number of hydrogen-bond donors (Lipinski definition) is 1. The number of hydrogen-bond acceptors (Lipinski definition) is 2. The zero-order chi connectivity index (χ0) is 13.1. The molecular formula is C13H16Cl2N2O. The molecule has 0 aromatic heterocycles. The Balaban J connectivity index is 2.27. The van der Waals surface area contributed by atoms with E-state index in [-0.39, 0.29) is 11.9 Å². The number of nitrogens with one attached hydrogen (secondary N) is 1. The molecule has 0 radical (unpaired) electrons. The maximum atomic E-state index is 12.5. The quantitative estimate of drug-likeness (QED) is 0.923. The van der Waals surface area contributed by atoms with Gasteiger partial charge in [0, 0.05) is 19.6 Å². The first kappa shape index (κ1) is 13.7. The normalized spacial score (nSPS) is 15.3. The Morgan fingerprint density at radius 1 is 1.39 bits per heavy atom. The summed E-state index contributed by atoms with van der Waals surface area (Å²) in [5.74, 6) is -0.0704. The summed E-state index contributed by atoms with van der Waals surface area (Å²) in [6, 6.07) is 5.40. The van der Waals surface area contributed by atoms with Crippen molar-refractivity contribution in [2.24, 2.45) is 0 Å². The largest absolute Gasteiger partial charge is 0.333 e. The molecule has 1 aliphatic heterocycles. The van der Waals surface area contributed by atoms with Gasteiger partial charge in [-0.3, -0.25) is 4.79 Å². The first-order chi connectivity index (χ1) is 8.65. The highest BCUT2D eigenvalue weighted by atomic mass is 35.5. The standard InChI is InChI=1S/C13H16Cl2N2O/c1-2-6-17(9-7-16-8-9)13(18)12-10(14)4-3-5-11(12)15/h3-5,9,16H,2,6-8H2,1H3. The second kappa shape index (κ2) is 5.91. The molecule has 0 spiro atoms. The van der Waals surface area contributed by atoms with Crippen LogP contribution < -0.4 is 5.32 Å². The molecule has 1 heterocycles. The van der Waals surface area contributed by atoms with Gasteiger partial charge < -0.3 is 10.2 Å². The maximum Gasteiger partial charge on any atom is 0.257 e. The minimum Gasteiger partial charge on any atom is -0.333 e. The monoisotopic (exact) mass is 286 g/mol. The second-order valence-electron chi connectivity index (χ2n) is 4.41. The second-order valence-corrected chi connectivity index (χ2v) is 5.22. The van der Waals surface area contributed by atoms with Gasteiger partial charge in [0.25, 0.3) is 5.91 Å². The minimum atomic E-state index is -0.0704. The van der Waals surface area contributed by atoms with Crippen molar-refractivity contribution in [3.63, 3.8) is 0 Å². The van der Waals surface area contributed by atoms with Gasteiger partial charge in [-0.1, -0.05) is 36.2 Å². The molecule has 0 bridgehead atoms. The van der Waals surface area contributed by atoms with Crippen LogP contribution in [0, 0.1) is 0 Å². The van der Waals surface area contributed by atoms with E-state index in [1.807, 2.05) is 4.90 Å². The van der Waals surface area contributed by atoms with Gasteiger partial charge in [-0.25, -0.2) is 0 Å². The number of carbonyl (C=O) groups is 1. The summed E-state index contributed by atoms with van der Waals surface area (Å²) in [6.07, 6.45) is 0.921. The molecule has 18 heavy (non-hydrogen) atoms. The molecule has 2 rings (SSSR count). The third-order valence-electron chi connectivity index (χ3n) is 3.10. The van der Waals surface area contributed by atoms with E-state index in [2.05, 4.69) is 12.2 Å². The number of benzene rings is 1. The Bertz CT molecular complexity index is 426. The van der Waals surface area contributed by atoms with Crippen LogP contribution in [-0.4, -0.2) is 36.5 Å². The van der Waals surface area contributed by atoms with Gasteiger partial charge in [0.2, 0.25) is 0 Å². The number of amides is 1. The summed E-state index contributed by atoms with van der Waals surface area (Å²) in [5.41, 5.74) is 0.418. The molecule has 0 unspecified atom stereocenters. The third kappa shape index (κ3) is 2.63. The van der Waals surface area contributed by atoms with Crippen LogP contribution in [0.5, 0.6) is 0 Å². The Hall–Kier alpha value is -0.770. The van der Waals surface area contributed by atoms with Gasteiger partial charge >= 0.3 is 0 Å². The summed E-state index contributed by atoms with van der Waals surface area (Å²) in [6.45, 7) is 4.47. The van der Waals surface area contributed by atoms with Crippen molar-refractivity contribution in [1.29, 1.82) is 0 Å². The first-order valence-corrected chi connectivity index (χ1v) is 6.86. The van der Waals surface area contributed by atoms with Crippen molar-refractivity contribution >= 4 is 29.1 Å². The highest BCUT2D eigenvalue weighted by molar-refractivity contribution is 6.39. The maximum absolute atomic E-state index is 12.5. The van der Waals surface area contributed by atoms with Crippen molar-refractivity contribution in [2.45, 2.75) is 19.4 Å². The number of rotatable bonds is 4. The molecule has 3 nitrogen and oxygen atoms in total. The molecule has 1 saturated heterocycles. The molecule has 1 aromatic carbocycles. The van der Waals surface area contributed by atoms with Gasteiger partial charge in [-0.2, -0.15) is 0 Å². The van der Waals surface area contributed by atoms with Crippen LogP contribution in [0.1, 0.15) is 23.7 Å². The minimum absolute atomic E-state index is 0.0704. The van der Waals surface area contributed by atoms with Crippen LogP contribution in [0.15, 0.2) is 18.2 Å². The number of halogens is 2. The van der Waals surface area contributed by atoms with Crippen LogP contribution >= 0.6 is 23.2 Å². The molecular weight excluding hydrogens is 271 g/mol. The van der Waals surface area contributed by atoms with Crippen molar-refractivity contribution in [1.82, 2.24) is 10.2 Å². The lowest BCUT2D eigenvalue weighted by molar-refractivity contribution is 0.0616. The van der Waals surface area contributed by atoms with Crippen LogP contribution in [0.3, 0.4) is 0 Å². The van der Waals surface area contributed by atoms with E-state index in [1.165, 1.54) is 0 Å². The zero-order valence-electron chi connectivity index (χ0n) is 10.2. The molecule has 1 aliphatic rings. The Morgan fingerprint density at radius 2 is 2.00 bits per heavy atom. The topological polar surface area (TPSA) is 32.3 Å². The van der Waals surface area contributed by atoms with Crippen LogP contribution in [0.4, 0.5) is 0 Å². The molecule has 98 valence electrons. The van der Waals surface area contributed by atoms with E-state index < -0.39 is 0 Å². The van der Waals surface area contributed by atoms with Gasteiger partial charge in [-0.15, -0.1) is 0 Å². The molecule has 0 saturated carbocycles. The molecule has 0 atom stereocenters. The molecule has 5 heteroatoms. The van der Waals surface area contributed by atoms with E-state index in [1.54, 1.807) is 18.2 Å². The van der Waals surface area contributed by atoms with E-state index in [0.29, 0.717) is 15.6 Å². The SMILES string of the molecule is CCCN(C(=O)c1c(Cl)cccc1Cl)C1CNC1. The zero-order valence-corrected chi connectivity index (χ0v) is 11.8. The molecule has 1 N–H and O–H groups in total. The lowest BCUT2D eigenvalue weighted by atomic mass is 10.1. The van der Waals surface area contributed by atoms with E-state index >= 15 is 0 Å². The van der Waals surface area contributed by atoms with Crippen molar-refractivity contribution in [3.8, 4) is 0 Å². The molecule has 1 aromatic rings. The predicted octanol–water partition coefficient (Wildman–Crippen LogP) is 2.82. The fraction of sp³-hybridized carbons (Fsp3) is 0.462. The van der Waals surface area contributed by atoms with E-state index in [9.17, 15) is 4.79 Å². The highest BCUT2D eigenvalue weighted by Crippen LogP contribution is 2.26. The fourth-order valence-electron chi connectivity index (χ4n) is 2.03. The third-order valence-corrected chi connectivity index (χ3v) is 3.73. The number of nitrogens with zero attached hydrogens (tertiary/aromatic N) is 1. The van der Waals surface area contributed by atoms with E-state index in [0.717, 1.165) is 26.1 Å². The first-order valence-electron chi connectivity index (χ1n) is 6.10. The highest BCUT2D eigenvalue weighted by Gasteiger charge is 2.30. The van der Waals surface area contributed by atoms with Crippen molar-refractivity contribution in [2.75, 3.05) is 19.6 Å². The summed E-state index contributed by atoms with van der Waals surface area (Å²) in [7, 11) is 0. The van der Waals surface area contributed by atoms with Crippen molar-refractivity contribution in [3.05, 3.63) is 33.8 Å². The lowest BCUT2D eigenvalue weighted by Gasteiger charge is -2.38. The number of carbonyl (C=O) groups excluding carboxylic acids is 1. The van der Waals surface area contributed by atoms with Crippen molar-refractivity contribution < 1.29 is 4.79 Å². The summed E-state index contributed by atoms with van der Waals surface area (Å²) >= 11 is 12.2. The molecule has 1 fully saturated rings. The van der Waals surface area contributed by atoms with Gasteiger partial charge in [0.05, 0.1) is 21.7 Å². The lowest BCUT2D eigenvalue weighted by Crippen LogP contribution is -2.59. The van der Waals surface area contributed by atoms with Crippen LogP contribution in [0.25, 0.3) is 0 Å². The molecule has 0 aliphatic carbocycles. The predicted molar refractivity (Wildman–Crippen MR) is 74.4 cm³/mol. The Kier molecular flexibility index (Phi) is 4.49. The summed E-state index contributed by atoms with van der Waals surface area (Å²) in [5, 5.41) is 4.01. The summed E-state index contributed by atoms with van der Waals surface area (Å²) < 4.78 is 0.